The van der Waals surface area contributed by atoms with Crippen molar-refractivity contribution in [1.29, 1.82) is 0 Å². The van der Waals surface area contributed by atoms with E-state index in [1.807, 2.05) is 4.90 Å². The molecule has 5 nitrogen and oxygen atoms in total. The second-order valence-electron chi connectivity index (χ2n) is 5.88. The summed E-state index contributed by atoms with van der Waals surface area (Å²) in [7, 11) is 3.63. The van der Waals surface area contributed by atoms with Crippen LogP contribution in [0.1, 0.15) is 16.8 Å². The maximum atomic E-state index is 12.9. The summed E-state index contributed by atoms with van der Waals surface area (Å²) >= 11 is 6.04. The van der Waals surface area contributed by atoms with Crippen LogP contribution >= 0.6 is 11.6 Å². The highest BCUT2D eigenvalue weighted by atomic mass is 35.5. The van der Waals surface area contributed by atoms with E-state index >= 15 is 0 Å². The van der Waals surface area contributed by atoms with Gasteiger partial charge in [0.05, 0.1) is 30.9 Å². The van der Waals surface area contributed by atoms with Gasteiger partial charge >= 0.3 is 0 Å². The Balaban J connectivity index is 1.84. The van der Waals surface area contributed by atoms with Gasteiger partial charge in [-0.1, -0.05) is 11.6 Å². The Morgan fingerprint density at radius 2 is 2.23 bits per heavy atom. The van der Waals surface area contributed by atoms with Crippen LogP contribution in [-0.2, 0) is 4.74 Å². The standard InChI is InChI=1S/C16H21ClN2O3/c1-18-6-5-14-13(10-18)19(7-8-22-14)16(20)11-3-4-12(17)15(9-11)21-2/h3-4,9,13-14H,5-8,10H2,1-2H3/t13-,14-/m1/s1. The van der Waals surface area contributed by atoms with Gasteiger partial charge in [-0.3, -0.25) is 4.79 Å². The number of amides is 1. The first-order valence-electron chi connectivity index (χ1n) is 7.55. The molecule has 2 atom stereocenters. The lowest BCUT2D eigenvalue weighted by atomic mass is 9.98. The number of nitrogens with zero attached hydrogens (tertiary/aromatic N) is 2. The molecule has 0 N–H and O–H groups in total. The number of piperidine rings is 1. The van der Waals surface area contributed by atoms with E-state index in [4.69, 9.17) is 21.1 Å². The molecule has 2 aliphatic rings. The molecule has 0 saturated carbocycles. The van der Waals surface area contributed by atoms with Gasteiger partial charge in [0.25, 0.3) is 5.91 Å². The Kier molecular flexibility index (Phi) is 4.57. The second-order valence-corrected chi connectivity index (χ2v) is 6.28. The van der Waals surface area contributed by atoms with Crippen LogP contribution in [0.4, 0.5) is 0 Å². The molecule has 3 rings (SSSR count). The highest BCUT2D eigenvalue weighted by molar-refractivity contribution is 6.32. The number of ether oxygens (including phenoxy) is 2. The summed E-state index contributed by atoms with van der Waals surface area (Å²) < 4.78 is 11.1. The lowest BCUT2D eigenvalue weighted by Gasteiger charge is -2.46. The molecule has 0 spiro atoms. The van der Waals surface area contributed by atoms with Crippen LogP contribution in [0.2, 0.25) is 5.02 Å². The van der Waals surface area contributed by atoms with Gasteiger partial charge < -0.3 is 19.3 Å². The van der Waals surface area contributed by atoms with Gasteiger partial charge in [-0.05, 0) is 31.7 Å². The van der Waals surface area contributed by atoms with Crippen molar-refractivity contribution in [3.05, 3.63) is 28.8 Å². The molecule has 2 saturated heterocycles. The number of halogens is 1. The van der Waals surface area contributed by atoms with Crippen molar-refractivity contribution in [3.63, 3.8) is 0 Å². The Morgan fingerprint density at radius 3 is 3.00 bits per heavy atom. The number of morpholine rings is 1. The van der Waals surface area contributed by atoms with Crippen molar-refractivity contribution >= 4 is 17.5 Å². The van der Waals surface area contributed by atoms with E-state index < -0.39 is 0 Å². The fraction of sp³-hybridized carbons (Fsp3) is 0.562. The lowest BCUT2D eigenvalue weighted by molar-refractivity contribution is -0.0869. The molecule has 120 valence electrons. The van der Waals surface area contributed by atoms with Gasteiger partial charge in [0, 0.05) is 25.2 Å². The number of rotatable bonds is 2. The van der Waals surface area contributed by atoms with E-state index in [1.54, 1.807) is 25.3 Å². The predicted molar refractivity (Wildman–Crippen MR) is 84.7 cm³/mol. The third-order valence-electron chi connectivity index (χ3n) is 4.45. The normalized spacial score (nSPS) is 25.7. The number of likely N-dealkylation sites (N-methyl/N-ethyl adjacent to an activating group) is 1. The van der Waals surface area contributed by atoms with Gasteiger partial charge in [0.1, 0.15) is 5.75 Å². The maximum absolute atomic E-state index is 12.9. The summed E-state index contributed by atoms with van der Waals surface area (Å²) in [5, 5.41) is 0.510. The van der Waals surface area contributed by atoms with Gasteiger partial charge in [-0.25, -0.2) is 0 Å². The molecule has 22 heavy (non-hydrogen) atoms. The molecule has 6 heteroatoms. The van der Waals surface area contributed by atoms with E-state index in [0.717, 1.165) is 19.5 Å². The zero-order chi connectivity index (χ0) is 15.7. The Labute approximate surface area is 135 Å². The van der Waals surface area contributed by atoms with Gasteiger partial charge in [0.15, 0.2) is 0 Å². The third-order valence-corrected chi connectivity index (χ3v) is 4.76. The molecular formula is C16H21ClN2O3. The fourth-order valence-electron chi connectivity index (χ4n) is 3.24. The SMILES string of the molecule is COc1cc(C(=O)N2CCO[C@@H]3CCN(C)C[C@H]32)ccc1Cl. The number of fused-ring (bicyclic) bond motifs is 1. The number of methoxy groups -OCH3 is 1. The van der Waals surface area contributed by atoms with Crippen molar-refractivity contribution < 1.29 is 14.3 Å². The molecular weight excluding hydrogens is 304 g/mol. The largest absolute Gasteiger partial charge is 0.495 e. The molecule has 0 radical (unpaired) electrons. The summed E-state index contributed by atoms with van der Waals surface area (Å²) in [6, 6.07) is 5.28. The topological polar surface area (TPSA) is 42.0 Å². The Bertz CT molecular complexity index is 566. The van der Waals surface area contributed by atoms with Gasteiger partial charge in [0.2, 0.25) is 0 Å². The molecule has 1 aromatic carbocycles. The molecule has 0 bridgehead atoms. The maximum Gasteiger partial charge on any atom is 0.254 e. The number of benzene rings is 1. The zero-order valence-electron chi connectivity index (χ0n) is 12.9. The number of likely N-dealkylation sites (tertiary alicyclic amines) is 1. The Morgan fingerprint density at radius 1 is 1.41 bits per heavy atom. The first-order chi connectivity index (χ1) is 10.6. The fourth-order valence-corrected chi connectivity index (χ4v) is 3.44. The van der Waals surface area contributed by atoms with Crippen molar-refractivity contribution in [3.8, 4) is 5.75 Å². The van der Waals surface area contributed by atoms with Crippen LogP contribution in [0, 0.1) is 0 Å². The number of carbonyl (C=O) groups excluding carboxylic acids is 1. The highest BCUT2D eigenvalue weighted by Gasteiger charge is 2.38. The first kappa shape index (κ1) is 15.6. The van der Waals surface area contributed by atoms with Crippen molar-refractivity contribution in [2.24, 2.45) is 0 Å². The molecule has 2 aliphatic heterocycles. The van der Waals surface area contributed by atoms with E-state index in [-0.39, 0.29) is 18.1 Å². The summed E-state index contributed by atoms with van der Waals surface area (Å²) in [5.74, 6) is 0.543. The average molecular weight is 325 g/mol. The van der Waals surface area contributed by atoms with Crippen LogP contribution in [-0.4, -0.2) is 68.3 Å². The van der Waals surface area contributed by atoms with E-state index in [9.17, 15) is 4.79 Å². The van der Waals surface area contributed by atoms with Crippen LogP contribution in [0.15, 0.2) is 18.2 Å². The number of hydrogen-bond donors (Lipinski definition) is 0. The third kappa shape index (κ3) is 2.93. The molecule has 0 aromatic heterocycles. The van der Waals surface area contributed by atoms with Gasteiger partial charge in [-0.15, -0.1) is 0 Å². The number of hydrogen-bond acceptors (Lipinski definition) is 4. The number of carbonyl (C=O) groups is 1. The summed E-state index contributed by atoms with van der Waals surface area (Å²) in [6.45, 7) is 3.08. The Hall–Kier alpha value is -1.30. The monoisotopic (exact) mass is 324 g/mol. The van der Waals surface area contributed by atoms with E-state index in [1.165, 1.54) is 0 Å². The highest BCUT2D eigenvalue weighted by Crippen LogP contribution is 2.28. The molecule has 1 aromatic rings. The summed E-state index contributed by atoms with van der Waals surface area (Å²) in [6.07, 6.45) is 1.11. The lowest BCUT2D eigenvalue weighted by Crippen LogP contribution is -2.60. The van der Waals surface area contributed by atoms with E-state index in [2.05, 4.69) is 11.9 Å². The minimum absolute atomic E-state index is 0.0172. The minimum Gasteiger partial charge on any atom is -0.495 e. The van der Waals surface area contributed by atoms with Crippen molar-refractivity contribution in [2.75, 3.05) is 40.4 Å². The van der Waals surface area contributed by atoms with Crippen LogP contribution < -0.4 is 4.74 Å². The van der Waals surface area contributed by atoms with E-state index in [0.29, 0.717) is 29.5 Å². The van der Waals surface area contributed by atoms with Crippen molar-refractivity contribution in [2.45, 2.75) is 18.6 Å². The zero-order valence-corrected chi connectivity index (χ0v) is 13.7. The predicted octanol–water partition coefficient (Wildman–Crippen LogP) is 1.89. The molecule has 2 fully saturated rings. The summed E-state index contributed by atoms with van der Waals surface area (Å²) in [5.41, 5.74) is 0.607. The van der Waals surface area contributed by atoms with Gasteiger partial charge in [-0.2, -0.15) is 0 Å². The molecule has 0 unspecified atom stereocenters. The smallest absolute Gasteiger partial charge is 0.254 e. The van der Waals surface area contributed by atoms with Crippen LogP contribution in [0.5, 0.6) is 5.75 Å². The van der Waals surface area contributed by atoms with Crippen LogP contribution in [0.25, 0.3) is 0 Å². The first-order valence-corrected chi connectivity index (χ1v) is 7.92. The second kappa shape index (κ2) is 6.44. The van der Waals surface area contributed by atoms with Crippen LogP contribution in [0.3, 0.4) is 0 Å². The quantitative estimate of drug-likeness (QED) is 0.833. The molecule has 1 amide bonds. The molecule has 2 heterocycles. The van der Waals surface area contributed by atoms with Crippen molar-refractivity contribution in [1.82, 2.24) is 9.80 Å². The minimum atomic E-state index is 0.0172. The average Bonchev–Trinajstić information content (AvgIpc) is 2.54. The molecule has 0 aliphatic carbocycles. The summed E-state index contributed by atoms with van der Waals surface area (Å²) in [4.78, 5) is 17.1.